The van der Waals surface area contributed by atoms with Crippen LogP contribution in [0, 0.1) is 20.8 Å². The molecule has 0 spiro atoms. The van der Waals surface area contributed by atoms with Crippen LogP contribution in [0.15, 0.2) is 30.6 Å². The Bertz CT molecular complexity index is 579. The van der Waals surface area contributed by atoms with Crippen molar-refractivity contribution in [2.24, 2.45) is 0 Å². The third-order valence-corrected chi connectivity index (χ3v) is 3.24. The molecule has 0 aliphatic carbocycles. The molecule has 3 heteroatoms. The Balaban J connectivity index is 2.31. The lowest BCUT2D eigenvalue weighted by Crippen LogP contribution is -2.05. The summed E-state index contributed by atoms with van der Waals surface area (Å²) in [6.07, 6.45) is 3.60. The summed E-state index contributed by atoms with van der Waals surface area (Å²) in [5, 5.41) is 3.11. The lowest BCUT2D eigenvalue weighted by atomic mass is 10.1. The summed E-state index contributed by atoms with van der Waals surface area (Å²) >= 11 is 0. The SMILES string of the molecule is CNCc1cncc(Oc2c(C)ccc(C)c2C)c1. The number of hydrogen-bond donors (Lipinski definition) is 1. The van der Waals surface area contributed by atoms with Crippen LogP contribution in [0.3, 0.4) is 0 Å². The number of hydrogen-bond acceptors (Lipinski definition) is 3. The molecule has 1 N–H and O–H groups in total. The van der Waals surface area contributed by atoms with Gasteiger partial charge in [0.1, 0.15) is 11.5 Å². The fourth-order valence-corrected chi connectivity index (χ4v) is 2.02. The molecule has 2 aromatic rings. The van der Waals surface area contributed by atoms with Crippen LogP contribution in [-0.4, -0.2) is 12.0 Å². The standard InChI is InChI=1S/C16H20N2O/c1-11-5-6-12(2)16(13(11)3)19-15-7-14(8-17-4)9-18-10-15/h5-7,9-10,17H,8H2,1-4H3. The molecule has 3 nitrogen and oxygen atoms in total. The van der Waals surface area contributed by atoms with E-state index in [-0.39, 0.29) is 0 Å². The van der Waals surface area contributed by atoms with E-state index in [1.807, 2.05) is 19.3 Å². The van der Waals surface area contributed by atoms with Gasteiger partial charge in [0, 0.05) is 12.7 Å². The molecule has 0 fully saturated rings. The average molecular weight is 256 g/mol. The maximum atomic E-state index is 6.02. The molecule has 1 aromatic carbocycles. The maximum absolute atomic E-state index is 6.02. The molecular formula is C16H20N2O. The van der Waals surface area contributed by atoms with Crippen molar-refractivity contribution in [3.8, 4) is 11.5 Å². The molecular weight excluding hydrogens is 236 g/mol. The molecule has 0 aliphatic rings. The summed E-state index contributed by atoms with van der Waals surface area (Å²) in [4.78, 5) is 4.22. The zero-order valence-corrected chi connectivity index (χ0v) is 11.9. The number of nitrogens with one attached hydrogen (secondary N) is 1. The molecule has 0 saturated heterocycles. The minimum absolute atomic E-state index is 0.782. The zero-order chi connectivity index (χ0) is 13.8. The van der Waals surface area contributed by atoms with Gasteiger partial charge in [0.05, 0.1) is 6.20 Å². The van der Waals surface area contributed by atoms with E-state index in [0.29, 0.717) is 0 Å². The van der Waals surface area contributed by atoms with E-state index in [4.69, 9.17) is 4.74 Å². The van der Waals surface area contributed by atoms with Gasteiger partial charge in [-0.3, -0.25) is 4.98 Å². The molecule has 0 aliphatic heterocycles. The van der Waals surface area contributed by atoms with E-state index in [0.717, 1.165) is 29.2 Å². The van der Waals surface area contributed by atoms with Gasteiger partial charge in [-0.15, -0.1) is 0 Å². The Morgan fingerprint density at radius 3 is 2.58 bits per heavy atom. The fraction of sp³-hybridized carbons (Fsp3) is 0.312. The monoisotopic (exact) mass is 256 g/mol. The summed E-state index contributed by atoms with van der Waals surface area (Å²) in [7, 11) is 1.92. The average Bonchev–Trinajstić information content (AvgIpc) is 2.40. The molecule has 100 valence electrons. The Morgan fingerprint density at radius 1 is 1.11 bits per heavy atom. The number of rotatable bonds is 4. The first-order chi connectivity index (χ1) is 9.11. The van der Waals surface area contributed by atoms with Gasteiger partial charge in [-0.05, 0) is 56.1 Å². The van der Waals surface area contributed by atoms with E-state index in [2.05, 4.69) is 43.2 Å². The number of nitrogens with zero attached hydrogens (tertiary/aromatic N) is 1. The topological polar surface area (TPSA) is 34.2 Å². The highest BCUT2D eigenvalue weighted by atomic mass is 16.5. The fourth-order valence-electron chi connectivity index (χ4n) is 2.02. The largest absolute Gasteiger partial charge is 0.455 e. The van der Waals surface area contributed by atoms with Gasteiger partial charge < -0.3 is 10.1 Å². The molecule has 0 radical (unpaired) electrons. The molecule has 19 heavy (non-hydrogen) atoms. The molecule has 0 amide bonds. The smallest absolute Gasteiger partial charge is 0.146 e. The summed E-state index contributed by atoms with van der Waals surface area (Å²) in [5.41, 5.74) is 4.67. The van der Waals surface area contributed by atoms with Crippen molar-refractivity contribution in [2.45, 2.75) is 27.3 Å². The normalized spacial score (nSPS) is 10.5. The van der Waals surface area contributed by atoms with Gasteiger partial charge in [-0.25, -0.2) is 0 Å². The second kappa shape index (κ2) is 5.85. The van der Waals surface area contributed by atoms with Crippen LogP contribution < -0.4 is 10.1 Å². The second-order valence-electron chi connectivity index (χ2n) is 4.81. The minimum Gasteiger partial charge on any atom is -0.455 e. The minimum atomic E-state index is 0.782. The van der Waals surface area contributed by atoms with Crippen molar-refractivity contribution < 1.29 is 4.74 Å². The third kappa shape index (κ3) is 3.12. The maximum Gasteiger partial charge on any atom is 0.146 e. The highest BCUT2D eigenvalue weighted by Crippen LogP contribution is 2.30. The Labute approximate surface area is 114 Å². The number of aromatic nitrogens is 1. The van der Waals surface area contributed by atoms with Crippen LogP contribution in [0.2, 0.25) is 0 Å². The van der Waals surface area contributed by atoms with Gasteiger partial charge >= 0.3 is 0 Å². The van der Waals surface area contributed by atoms with Crippen LogP contribution in [0.25, 0.3) is 0 Å². The molecule has 0 atom stereocenters. The summed E-state index contributed by atoms with van der Waals surface area (Å²) in [6, 6.07) is 6.22. The number of aryl methyl sites for hydroxylation is 2. The summed E-state index contributed by atoms with van der Waals surface area (Å²) < 4.78 is 6.02. The van der Waals surface area contributed by atoms with Gasteiger partial charge in [-0.2, -0.15) is 0 Å². The van der Waals surface area contributed by atoms with E-state index in [1.54, 1.807) is 6.20 Å². The number of pyridine rings is 1. The van der Waals surface area contributed by atoms with Crippen molar-refractivity contribution >= 4 is 0 Å². The second-order valence-corrected chi connectivity index (χ2v) is 4.81. The van der Waals surface area contributed by atoms with Crippen molar-refractivity contribution in [3.63, 3.8) is 0 Å². The van der Waals surface area contributed by atoms with Gasteiger partial charge in [0.25, 0.3) is 0 Å². The zero-order valence-electron chi connectivity index (χ0n) is 11.9. The lowest BCUT2D eigenvalue weighted by Gasteiger charge is -2.14. The summed E-state index contributed by atoms with van der Waals surface area (Å²) in [5.74, 6) is 1.72. The summed E-state index contributed by atoms with van der Waals surface area (Å²) in [6.45, 7) is 7.03. The van der Waals surface area contributed by atoms with Gasteiger partial charge in [0.15, 0.2) is 0 Å². The van der Waals surface area contributed by atoms with Crippen LogP contribution in [-0.2, 0) is 6.54 Å². The first kappa shape index (κ1) is 13.6. The van der Waals surface area contributed by atoms with Crippen molar-refractivity contribution in [3.05, 3.63) is 52.8 Å². The predicted octanol–water partition coefficient (Wildman–Crippen LogP) is 3.52. The Kier molecular flexibility index (Phi) is 4.17. The van der Waals surface area contributed by atoms with Crippen LogP contribution in [0.4, 0.5) is 0 Å². The first-order valence-electron chi connectivity index (χ1n) is 6.45. The lowest BCUT2D eigenvalue weighted by molar-refractivity contribution is 0.471. The van der Waals surface area contributed by atoms with Crippen LogP contribution in [0.5, 0.6) is 11.5 Å². The molecule has 1 aromatic heterocycles. The number of benzene rings is 1. The highest BCUT2D eigenvalue weighted by Gasteiger charge is 2.08. The Hall–Kier alpha value is -1.87. The van der Waals surface area contributed by atoms with E-state index in [1.165, 1.54) is 11.1 Å². The van der Waals surface area contributed by atoms with E-state index >= 15 is 0 Å². The van der Waals surface area contributed by atoms with Crippen molar-refractivity contribution in [1.29, 1.82) is 0 Å². The molecule has 1 heterocycles. The number of ether oxygens (including phenoxy) is 1. The van der Waals surface area contributed by atoms with E-state index < -0.39 is 0 Å². The van der Waals surface area contributed by atoms with Gasteiger partial charge in [0.2, 0.25) is 0 Å². The molecule has 0 bridgehead atoms. The molecule has 0 saturated carbocycles. The first-order valence-corrected chi connectivity index (χ1v) is 6.45. The Morgan fingerprint density at radius 2 is 1.84 bits per heavy atom. The molecule has 2 rings (SSSR count). The predicted molar refractivity (Wildman–Crippen MR) is 77.7 cm³/mol. The quantitative estimate of drug-likeness (QED) is 0.908. The van der Waals surface area contributed by atoms with Crippen molar-refractivity contribution in [1.82, 2.24) is 10.3 Å². The van der Waals surface area contributed by atoms with E-state index in [9.17, 15) is 0 Å². The third-order valence-electron chi connectivity index (χ3n) is 3.24. The van der Waals surface area contributed by atoms with Crippen LogP contribution in [0.1, 0.15) is 22.3 Å². The van der Waals surface area contributed by atoms with Crippen molar-refractivity contribution in [2.75, 3.05) is 7.05 Å². The highest BCUT2D eigenvalue weighted by molar-refractivity contribution is 5.46. The van der Waals surface area contributed by atoms with Crippen LogP contribution >= 0.6 is 0 Å². The van der Waals surface area contributed by atoms with Gasteiger partial charge in [-0.1, -0.05) is 12.1 Å². The molecule has 0 unspecified atom stereocenters.